The average Bonchev–Trinajstić information content (AvgIpc) is 2.62. The van der Waals surface area contributed by atoms with Gasteiger partial charge in [-0.2, -0.15) is 0 Å². The van der Waals surface area contributed by atoms with Crippen molar-refractivity contribution in [1.29, 1.82) is 0 Å². The minimum absolute atomic E-state index is 0.130. The van der Waals surface area contributed by atoms with E-state index in [0.29, 0.717) is 0 Å². The fourth-order valence-corrected chi connectivity index (χ4v) is 2.58. The van der Waals surface area contributed by atoms with Crippen LogP contribution >= 0.6 is 11.3 Å². The summed E-state index contributed by atoms with van der Waals surface area (Å²) >= 11 is 1.61. The number of carbonyl (C=O) groups is 1. The predicted octanol–water partition coefficient (Wildman–Crippen LogP) is 3.90. The van der Waals surface area contributed by atoms with Gasteiger partial charge in [-0.05, 0) is 44.4 Å². The van der Waals surface area contributed by atoms with Crippen LogP contribution in [0.1, 0.15) is 31.9 Å². The van der Waals surface area contributed by atoms with Gasteiger partial charge in [0.05, 0.1) is 0 Å². The maximum absolute atomic E-state index is 12.2. The minimum atomic E-state index is 0.130. The highest BCUT2D eigenvalue weighted by Gasteiger charge is 2.12. The van der Waals surface area contributed by atoms with E-state index in [1.807, 2.05) is 44.4 Å². The molecule has 0 saturated heterocycles. The van der Waals surface area contributed by atoms with Crippen molar-refractivity contribution >= 4 is 17.1 Å². The summed E-state index contributed by atoms with van der Waals surface area (Å²) in [6.45, 7) is 6.02. The predicted molar refractivity (Wildman–Crippen MR) is 68.4 cm³/mol. The van der Waals surface area contributed by atoms with Crippen LogP contribution in [0.15, 0.2) is 29.6 Å². The van der Waals surface area contributed by atoms with Crippen LogP contribution in [0.3, 0.4) is 0 Å². The van der Waals surface area contributed by atoms with Gasteiger partial charge in [0.25, 0.3) is 0 Å². The smallest absolute Gasteiger partial charge is 0.194 e. The molecule has 16 heavy (non-hydrogen) atoms. The van der Waals surface area contributed by atoms with Gasteiger partial charge >= 0.3 is 0 Å². The third-order valence-corrected chi connectivity index (χ3v) is 3.43. The van der Waals surface area contributed by atoms with Crippen LogP contribution in [-0.4, -0.2) is 5.78 Å². The maximum atomic E-state index is 12.2. The van der Waals surface area contributed by atoms with Crippen molar-refractivity contribution in [3.05, 3.63) is 56.8 Å². The van der Waals surface area contributed by atoms with Gasteiger partial charge in [0.15, 0.2) is 5.78 Å². The molecule has 0 radical (unpaired) electrons. The Balaban J connectivity index is 2.45. The number of thiophene rings is 1. The van der Waals surface area contributed by atoms with Crippen molar-refractivity contribution in [2.75, 3.05) is 0 Å². The lowest BCUT2D eigenvalue weighted by atomic mass is 10.00. The highest BCUT2D eigenvalue weighted by atomic mass is 32.1. The van der Waals surface area contributed by atoms with E-state index < -0.39 is 0 Å². The molecule has 0 atom stereocenters. The molecule has 0 amide bonds. The van der Waals surface area contributed by atoms with Crippen molar-refractivity contribution in [2.24, 2.45) is 0 Å². The highest BCUT2D eigenvalue weighted by molar-refractivity contribution is 7.10. The van der Waals surface area contributed by atoms with Crippen LogP contribution in [0.5, 0.6) is 0 Å². The summed E-state index contributed by atoms with van der Waals surface area (Å²) in [5.74, 6) is 0.130. The zero-order valence-corrected chi connectivity index (χ0v) is 10.5. The second-order valence-corrected chi connectivity index (χ2v) is 5.22. The first-order valence-corrected chi connectivity index (χ1v) is 6.13. The lowest BCUT2D eigenvalue weighted by molar-refractivity contribution is 0.103. The molecular weight excluding hydrogens is 216 g/mol. The van der Waals surface area contributed by atoms with Crippen molar-refractivity contribution in [1.82, 2.24) is 0 Å². The van der Waals surface area contributed by atoms with Crippen LogP contribution in [0.4, 0.5) is 0 Å². The van der Waals surface area contributed by atoms with Gasteiger partial charge in [0, 0.05) is 16.0 Å². The van der Waals surface area contributed by atoms with E-state index in [-0.39, 0.29) is 5.78 Å². The highest BCUT2D eigenvalue weighted by Crippen LogP contribution is 2.20. The SMILES string of the molecule is Cc1cc(C)cc(C(=O)c2ccsc2C)c1. The average molecular weight is 230 g/mol. The molecule has 2 heteroatoms. The monoisotopic (exact) mass is 230 g/mol. The lowest BCUT2D eigenvalue weighted by Gasteiger charge is -2.03. The molecule has 2 rings (SSSR count). The minimum Gasteiger partial charge on any atom is -0.289 e. The van der Waals surface area contributed by atoms with Gasteiger partial charge in [-0.25, -0.2) is 0 Å². The zero-order chi connectivity index (χ0) is 11.7. The summed E-state index contributed by atoms with van der Waals surface area (Å²) in [6.07, 6.45) is 0. The Bertz CT molecular complexity index is 517. The van der Waals surface area contributed by atoms with Gasteiger partial charge in [0.1, 0.15) is 0 Å². The second kappa shape index (κ2) is 4.22. The Hall–Kier alpha value is -1.41. The van der Waals surface area contributed by atoms with E-state index in [0.717, 1.165) is 27.1 Å². The van der Waals surface area contributed by atoms with E-state index in [4.69, 9.17) is 0 Å². The maximum Gasteiger partial charge on any atom is 0.194 e. The summed E-state index contributed by atoms with van der Waals surface area (Å²) < 4.78 is 0. The molecule has 0 bridgehead atoms. The molecule has 0 aliphatic carbocycles. The Morgan fingerprint density at radius 1 is 1.06 bits per heavy atom. The van der Waals surface area contributed by atoms with Crippen molar-refractivity contribution in [3.8, 4) is 0 Å². The molecule has 82 valence electrons. The molecule has 0 aliphatic heterocycles. The summed E-state index contributed by atoms with van der Waals surface area (Å²) in [5, 5.41) is 1.96. The van der Waals surface area contributed by atoms with E-state index in [1.165, 1.54) is 0 Å². The number of hydrogen-bond acceptors (Lipinski definition) is 2. The van der Waals surface area contributed by atoms with Crippen molar-refractivity contribution in [3.63, 3.8) is 0 Å². The number of aryl methyl sites for hydroxylation is 3. The Morgan fingerprint density at radius 2 is 1.69 bits per heavy atom. The lowest BCUT2D eigenvalue weighted by Crippen LogP contribution is -2.02. The largest absolute Gasteiger partial charge is 0.289 e. The second-order valence-electron chi connectivity index (χ2n) is 4.10. The van der Waals surface area contributed by atoms with E-state index in [9.17, 15) is 4.79 Å². The molecule has 0 spiro atoms. The first-order chi connectivity index (χ1) is 7.58. The van der Waals surface area contributed by atoms with Gasteiger partial charge in [-0.1, -0.05) is 17.2 Å². The molecule has 1 nitrogen and oxygen atoms in total. The molecule has 0 N–H and O–H groups in total. The van der Waals surface area contributed by atoms with E-state index >= 15 is 0 Å². The van der Waals surface area contributed by atoms with Crippen LogP contribution in [0, 0.1) is 20.8 Å². The summed E-state index contributed by atoms with van der Waals surface area (Å²) in [5.41, 5.74) is 3.89. The molecule has 0 saturated carbocycles. The fourth-order valence-electron chi connectivity index (χ4n) is 1.88. The first-order valence-electron chi connectivity index (χ1n) is 5.25. The quantitative estimate of drug-likeness (QED) is 0.715. The fraction of sp³-hybridized carbons (Fsp3) is 0.214. The molecule has 1 aromatic heterocycles. The van der Waals surface area contributed by atoms with Crippen molar-refractivity contribution < 1.29 is 4.79 Å². The van der Waals surface area contributed by atoms with E-state index in [1.54, 1.807) is 11.3 Å². The Morgan fingerprint density at radius 3 is 2.19 bits per heavy atom. The summed E-state index contributed by atoms with van der Waals surface area (Å²) in [7, 11) is 0. The molecule has 1 aromatic carbocycles. The number of rotatable bonds is 2. The molecule has 2 aromatic rings. The molecule has 0 aliphatic rings. The number of hydrogen-bond donors (Lipinski definition) is 0. The molecular formula is C14H14OS. The molecule has 0 unspecified atom stereocenters. The number of carbonyl (C=O) groups excluding carboxylic acids is 1. The number of benzene rings is 1. The normalized spacial score (nSPS) is 10.4. The first kappa shape index (κ1) is 11.1. The van der Waals surface area contributed by atoms with Gasteiger partial charge in [-0.3, -0.25) is 4.79 Å². The summed E-state index contributed by atoms with van der Waals surface area (Å²) in [4.78, 5) is 13.3. The van der Waals surface area contributed by atoms with Gasteiger partial charge < -0.3 is 0 Å². The third-order valence-electron chi connectivity index (χ3n) is 2.59. The standard InChI is InChI=1S/C14H14OS/c1-9-6-10(2)8-12(7-9)14(15)13-4-5-16-11(13)3/h4-8H,1-3H3. The Labute approximate surface area is 99.8 Å². The zero-order valence-electron chi connectivity index (χ0n) is 9.70. The van der Waals surface area contributed by atoms with E-state index in [2.05, 4.69) is 6.07 Å². The van der Waals surface area contributed by atoms with Crippen LogP contribution in [0.25, 0.3) is 0 Å². The topological polar surface area (TPSA) is 17.1 Å². The van der Waals surface area contributed by atoms with Gasteiger partial charge in [0.2, 0.25) is 0 Å². The van der Waals surface area contributed by atoms with Crippen LogP contribution < -0.4 is 0 Å². The molecule has 1 heterocycles. The summed E-state index contributed by atoms with van der Waals surface area (Å²) in [6, 6.07) is 7.89. The number of ketones is 1. The van der Waals surface area contributed by atoms with Gasteiger partial charge in [-0.15, -0.1) is 11.3 Å². The van der Waals surface area contributed by atoms with Crippen LogP contribution in [-0.2, 0) is 0 Å². The van der Waals surface area contributed by atoms with Crippen molar-refractivity contribution in [2.45, 2.75) is 20.8 Å². The van der Waals surface area contributed by atoms with Crippen LogP contribution in [0.2, 0.25) is 0 Å². The third kappa shape index (κ3) is 2.07. The molecule has 0 fully saturated rings. The Kier molecular flexibility index (Phi) is 2.92.